The predicted molar refractivity (Wildman–Crippen MR) is 107 cm³/mol. The normalized spacial score (nSPS) is 10.3. The average Bonchev–Trinajstić information content (AvgIpc) is 2.74. The van der Waals surface area contributed by atoms with Crippen molar-refractivity contribution in [2.75, 3.05) is 19.0 Å². The summed E-state index contributed by atoms with van der Waals surface area (Å²) in [5.74, 6) is -0.943. The monoisotopic (exact) mass is 393 g/mol. The summed E-state index contributed by atoms with van der Waals surface area (Å²) in [6, 6.07) is 16.2. The van der Waals surface area contributed by atoms with Gasteiger partial charge in [0.15, 0.2) is 11.4 Å². The Morgan fingerprint density at radius 3 is 2.38 bits per heavy atom. The lowest BCUT2D eigenvalue weighted by Crippen LogP contribution is -2.26. The zero-order valence-electron chi connectivity index (χ0n) is 15.9. The maximum Gasteiger partial charge on any atom is 0.338 e. The van der Waals surface area contributed by atoms with E-state index in [9.17, 15) is 14.4 Å². The van der Waals surface area contributed by atoms with E-state index in [1.54, 1.807) is 55.5 Å². The van der Waals surface area contributed by atoms with E-state index in [1.165, 1.54) is 13.2 Å². The van der Waals surface area contributed by atoms with E-state index in [0.717, 1.165) is 4.68 Å². The maximum absolute atomic E-state index is 12.7. The Balaban J connectivity index is 1.88. The first-order valence-electron chi connectivity index (χ1n) is 8.85. The number of benzene rings is 2. The van der Waals surface area contributed by atoms with Gasteiger partial charge in [-0.2, -0.15) is 9.78 Å². The molecule has 1 N–H and O–H groups in total. The zero-order valence-corrected chi connectivity index (χ0v) is 15.9. The number of ether oxygens (including phenoxy) is 2. The van der Waals surface area contributed by atoms with E-state index in [2.05, 4.69) is 10.4 Å². The van der Waals surface area contributed by atoms with Gasteiger partial charge in [0, 0.05) is 5.69 Å². The van der Waals surface area contributed by atoms with Crippen LogP contribution in [0.15, 0.2) is 65.5 Å². The van der Waals surface area contributed by atoms with Crippen molar-refractivity contribution in [2.24, 2.45) is 0 Å². The molecule has 0 bridgehead atoms. The van der Waals surface area contributed by atoms with Crippen LogP contribution in [0, 0.1) is 0 Å². The Hall–Kier alpha value is -3.94. The van der Waals surface area contributed by atoms with Crippen LogP contribution in [0.4, 0.5) is 5.69 Å². The molecule has 0 atom stereocenters. The molecule has 0 aliphatic rings. The number of hydrogen-bond donors (Lipinski definition) is 1. The van der Waals surface area contributed by atoms with E-state index in [4.69, 9.17) is 9.47 Å². The second kappa shape index (κ2) is 8.83. The molecular formula is C21H19N3O5. The van der Waals surface area contributed by atoms with Crippen molar-refractivity contribution in [2.45, 2.75) is 6.92 Å². The van der Waals surface area contributed by atoms with E-state index < -0.39 is 17.4 Å². The van der Waals surface area contributed by atoms with Gasteiger partial charge in [-0.3, -0.25) is 9.59 Å². The molecule has 29 heavy (non-hydrogen) atoms. The molecule has 0 fully saturated rings. The lowest BCUT2D eigenvalue weighted by Gasteiger charge is -2.11. The lowest BCUT2D eigenvalue weighted by molar-refractivity contribution is 0.0526. The van der Waals surface area contributed by atoms with Crippen molar-refractivity contribution in [1.29, 1.82) is 0 Å². The van der Waals surface area contributed by atoms with Gasteiger partial charge in [-0.15, -0.1) is 0 Å². The average molecular weight is 393 g/mol. The summed E-state index contributed by atoms with van der Waals surface area (Å²) in [4.78, 5) is 36.8. The molecule has 8 nitrogen and oxygen atoms in total. The van der Waals surface area contributed by atoms with Gasteiger partial charge in [0.25, 0.3) is 11.5 Å². The Labute approximate surface area is 166 Å². The fourth-order valence-corrected chi connectivity index (χ4v) is 2.60. The minimum Gasteiger partial charge on any atom is -0.494 e. The summed E-state index contributed by atoms with van der Waals surface area (Å²) in [6.45, 7) is 2.00. The summed E-state index contributed by atoms with van der Waals surface area (Å²) >= 11 is 0. The van der Waals surface area contributed by atoms with Crippen LogP contribution in [0.25, 0.3) is 5.69 Å². The molecule has 1 amide bonds. The summed E-state index contributed by atoms with van der Waals surface area (Å²) in [5, 5.41) is 6.85. The molecule has 1 aromatic heterocycles. The third kappa shape index (κ3) is 4.49. The number of carbonyl (C=O) groups is 2. The number of carbonyl (C=O) groups excluding carboxylic acids is 2. The van der Waals surface area contributed by atoms with Gasteiger partial charge in [-0.1, -0.05) is 18.2 Å². The van der Waals surface area contributed by atoms with Gasteiger partial charge in [-0.25, -0.2) is 4.79 Å². The Kier molecular flexibility index (Phi) is 6.03. The SMILES string of the molecule is CCOC(=O)c1ccc(NC(=O)c2nn(-c3ccccc3)c(=O)cc2OC)cc1. The zero-order chi connectivity index (χ0) is 20.8. The number of rotatable bonds is 6. The van der Waals surface area contributed by atoms with Crippen molar-refractivity contribution in [3.8, 4) is 11.4 Å². The molecule has 2 aromatic carbocycles. The smallest absolute Gasteiger partial charge is 0.338 e. The molecule has 0 saturated carbocycles. The van der Waals surface area contributed by atoms with Crippen molar-refractivity contribution >= 4 is 17.6 Å². The standard InChI is InChI=1S/C21H19N3O5/c1-3-29-21(27)14-9-11-15(12-10-14)22-20(26)19-17(28-2)13-18(25)24(23-19)16-7-5-4-6-8-16/h4-13H,3H2,1-2H3,(H,22,26). The fourth-order valence-electron chi connectivity index (χ4n) is 2.60. The summed E-state index contributed by atoms with van der Waals surface area (Å²) in [6.07, 6.45) is 0. The molecule has 3 aromatic rings. The topological polar surface area (TPSA) is 99.5 Å². The first-order valence-corrected chi connectivity index (χ1v) is 8.85. The van der Waals surface area contributed by atoms with Crippen LogP contribution in [-0.2, 0) is 4.74 Å². The number of anilines is 1. The van der Waals surface area contributed by atoms with Crippen LogP contribution >= 0.6 is 0 Å². The molecule has 0 unspecified atom stereocenters. The molecule has 0 radical (unpaired) electrons. The Morgan fingerprint density at radius 1 is 1.07 bits per heavy atom. The molecule has 148 valence electrons. The van der Waals surface area contributed by atoms with Crippen LogP contribution in [0.5, 0.6) is 5.75 Å². The number of para-hydroxylation sites is 1. The molecular weight excluding hydrogens is 374 g/mol. The largest absolute Gasteiger partial charge is 0.494 e. The predicted octanol–water partition coefficient (Wildman–Crippen LogP) is 2.67. The van der Waals surface area contributed by atoms with E-state index in [1.807, 2.05) is 6.07 Å². The number of nitrogens with zero attached hydrogens (tertiary/aromatic N) is 2. The highest BCUT2D eigenvalue weighted by Crippen LogP contribution is 2.17. The van der Waals surface area contributed by atoms with Crippen LogP contribution in [0.3, 0.4) is 0 Å². The third-order valence-corrected chi connectivity index (χ3v) is 3.99. The van der Waals surface area contributed by atoms with Crippen molar-refractivity contribution in [3.63, 3.8) is 0 Å². The fraction of sp³-hybridized carbons (Fsp3) is 0.143. The Bertz CT molecular complexity index is 1080. The van der Waals surface area contributed by atoms with Crippen LogP contribution in [0.1, 0.15) is 27.8 Å². The minimum atomic E-state index is -0.560. The number of hydrogen-bond acceptors (Lipinski definition) is 6. The number of aromatic nitrogens is 2. The maximum atomic E-state index is 12.7. The number of amides is 1. The van der Waals surface area contributed by atoms with Gasteiger partial charge in [0.2, 0.25) is 0 Å². The first kappa shape index (κ1) is 19.8. The highest BCUT2D eigenvalue weighted by atomic mass is 16.5. The van der Waals surface area contributed by atoms with Crippen molar-refractivity contribution in [3.05, 3.63) is 82.3 Å². The second-order valence-corrected chi connectivity index (χ2v) is 5.90. The van der Waals surface area contributed by atoms with Crippen molar-refractivity contribution in [1.82, 2.24) is 9.78 Å². The summed E-state index contributed by atoms with van der Waals surface area (Å²) in [7, 11) is 1.36. The van der Waals surface area contributed by atoms with Crippen LogP contribution in [0.2, 0.25) is 0 Å². The molecule has 3 rings (SSSR count). The lowest BCUT2D eigenvalue weighted by atomic mass is 10.2. The summed E-state index contributed by atoms with van der Waals surface area (Å²) < 4.78 is 11.2. The highest BCUT2D eigenvalue weighted by Gasteiger charge is 2.18. The van der Waals surface area contributed by atoms with Gasteiger partial charge in [0.05, 0.1) is 31.0 Å². The second-order valence-electron chi connectivity index (χ2n) is 5.90. The molecule has 0 saturated heterocycles. The highest BCUT2D eigenvalue weighted by molar-refractivity contribution is 6.04. The van der Waals surface area contributed by atoms with Gasteiger partial charge >= 0.3 is 5.97 Å². The molecule has 0 aliphatic heterocycles. The first-order chi connectivity index (χ1) is 14.0. The van der Waals surface area contributed by atoms with Crippen molar-refractivity contribution < 1.29 is 19.1 Å². The molecule has 0 spiro atoms. The van der Waals surface area contributed by atoms with E-state index >= 15 is 0 Å². The summed E-state index contributed by atoms with van der Waals surface area (Å²) in [5.41, 5.74) is 0.865. The molecule has 8 heteroatoms. The van der Waals surface area contributed by atoms with Gasteiger partial charge < -0.3 is 14.8 Å². The van der Waals surface area contributed by atoms with Crippen LogP contribution < -0.4 is 15.6 Å². The quantitative estimate of drug-likeness (QED) is 0.647. The number of methoxy groups -OCH3 is 1. The third-order valence-electron chi connectivity index (χ3n) is 3.99. The van der Waals surface area contributed by atoms with E-state index in [0.29, 0.717) is 16.9 Å². The number of nitrogens with one attached hydrogen (secondary N) is 1. The van der Waals surface area contributed by atoms with Gasteiger partial charge in [0.1, 0.15) is 0 Å². The Morgan fingerprint density at radius 2 is 1.76 bits per heavy atom. The van der Waals surface area contributed by atoms with Gasteiger partial charge in [-0.05, 0) is 43.3 Å². The molecule has 0 aliphatic carbocycles. The van der Waals surface area contributed by atoms with E-state index in [-0.39, 0.29) is 18.1 Å². The van der Waals surface area contributed by atoms with Crippen LogP contribution in [-0.4, -0.2) is 35.4 Å². The number of esters is 1. The molecule has 1 heterocycles. The minimum absolute atomic E-state index is 0.0505.